The molecule has 2 heterocycles. The SMILES string of the molecule is C[N+](C)(C)CC1CC(C2S[C@@H]3[C@@H](CCO)C(=O)N3C2C(=O)O)C1. The second-order valence-corrected chi connectivity index (χ2v) is 9.51. The number of carbonyl (C=O) groups excluding carboxylic acids is 1. The lowest BCUT2D eigenvalue weighted by Gasteiger charge is -2.44. The molecule has 23 heavy (non-hydrogen) atoms. The van der Waals surface area contributed by atoms with Crippen LogP contribution in [0.1, 0.15) is 19.3 Å². The average molecular weight is 343 g/mol. The van der Waals surface area contributed by atoms with E-state index in [4.69, 9.17) is 5.11 Å². The first-order valence-electron chi connectivity index (χ1n) is 8.34. The first-order chi connectivity index (χ1) is 10.7. The maximum atomic E-state index is 12.2. The summed E-state index contributed by atoms with van der Waals surface area (Å²) in [4.78, 5) is 25.5. The van der Waals surface area contributed by atoms with Crippen LogP contribution in [0.3, 0.4) is 0 Å². The highest BCUT2D eigenvalue weighted by Gasteiger charge is 2.62. The zero-order valence-corrected chi connectivity index (χ0v) is 14.8. The highest BCUT2D eigenvalue weighted by molar-refractivity contribution is 8.01. The van der Waals surface area contributed by atoms with Crippen LogP contribution in [0.15, 0.2) is 0 Å². The van der Waals surface area contributed by atoms with Crippen LogP contribution in [-0.4, -0.2) is 82.4 Å². The Bertz CT molecular complexity index is 501. The molecule has 6 nitrogen and oxygen atoms in total. The lowest BCUT2D eigenvalue weighted by atomic mass is 9.71. The van der Waals surface area contributed by atoms with Crippen LogP contribution in [0.2, 0.25) is 0 Å². The molecule has 0 bridgehead atoms. The summed E-state index contributed by atoms with van der Waals surface area (Å²) >= 11 is 1.66. The van der Waals surface area contributed by atoms with Crippen LogP contribution in [-0.2, 0) is 9.59 Å². The van der Waals surface area contributed by atoms with Crippen molar-refractivity contribution in [2.24, 2.45) is 17.8 Å². The Balaban J connectivity index is 1.64. The number of quaternary nitrogens is 1. The summed E-state index contributed by atoms with van der Waals surface area (Å²) in [7, 11) is 6.55. The molecule has 3 aliphatic rings. The molecule has 3 rings (SSSR count). The van der Waals surface area contributed by atoms with E-state index in [1.165, 1.54) is 0 Å². The third-order valence-electron chi connectivity index (χ3n) is 5.33. The molecule has 2 saturated heterocycles. The summed E-state index contributed by atoms with van der Waals surface area (Å²) in [5.74, 6) is -0.110. The van der Waals surface area contributed by atoms with Gasteiger partial charge in [0.1, 0.15) is 6.04 Å². The van der Waals surface area contributed by atoms with E-state index in [0.717, 1.165) is 23.9 Å². The number of aliphatic hydroxyl groups excluding tert-OH is 1. The van der Waals surface area contributed by atoms with Gasteiger partial charge in [-0.2, -0.15) is 0 Å². The molecule has 0 spiro atoms. The maximum absolute atomic E-state index is 12.2. The van der Waals surface area contributed by atoms with Gasteiger partial charge in [0, 0.05) is 17.8 Å². The molecule has 2 N–H and O–H groups in total. The van der Waals surface area contributed by atoms with Gasteiger partial charge in [-0.15, -0.1) is 11.8 Å². The monoisotopic (exact) mass is 343 g/mol. The molecule has 4 atom stereocenters. The molecule has 1 aliphatic carbocycles. The molecule has 2 aliphatic heterocycles. The number of hydrogen-bond acceptors (Lipinski definition) is 4. The summed E-state index contributed by atoms with van der Waals surface area (Å²) in [6.07, 6.45) is 2.58. The van der Waals surface area contributed by atoms with Gasteiger partial charge in [-0.05, 0) is 25.2 Å². The number of carboxylic acids is 1. The van der Waals surface area contributed by atoms with E-state index in [2.05, 4.69) is 21.1 Å². The van der Waals surface area contributed by atoms with Crippen LogP contribution in [0, 0.1) is 17.8 Å². The van der Waals surface area contributed by atoms with E-state index >= 15 is 0 Å². The van der Waals surface area contributed by atoms with Crippen LogP contribution in [0.25, 0.3) is 0 Å². The van der Waals surface area contributed by atoms with Gasteiger partial charge in [-0.3, -0.25) is 4.79 Å². The molecule has 2 unspecified atom stereocenters. The number of β-lactam (4-membered cyclic amide) rings is 1. The summed E-state index contributed by atoms with van der Waals surface area (Å²) in [5, 5.41) is 18.7. The second kappa shape index (κ2) is 5.93. The molecule has 0 radical (unpaired) electrons. The molecule has 0 aromatic rings. The maximum Gasteiger partial charge on any atom is 0.327 e. The minimum Gasteiger partial charge on any atom is -0.480 e. The van der Waals surface area contributed by atoms with Gasteiger partial charge in [-0.1, -0.05) is 0 Å². The zero-order valence-electron chi connectivity index (χ0n) is 14.0. The van der Waals surface area contributed by atoms with Crippen molar-refractivity contribution in [3.63, 3.8) is 0 Å². The van der Waals surface area contributed by atoms with E-state index in [1.54, 1.807) is 16.7 Å². The number of nitrogens with zero attached hydrogens (tertiary/aromatic N) is 2. The Morgan fingerprint density at radius 3 is 2.52 bits per heavy atom. The Labute approximate surface area is 141 Å². The van der Waals surface area contributed by atoms with Crippen LogP contribution in [0.4, 0.5) is 0 Å². The van der Waals surface area contributed by atoms with Crippen molar-refractivity contribution in [3.05, 3.63) is 0 Å². The van der Waals surface area contributed by atoms with E-state index in [1.807, 2.05) is 0 Å². The summed E-state index contributed by atoms with van der Waals surface area (Å²) in [6.45, 7) is 1.10. The zero-order chi connectivity index (χ0) is 16.9. The number of hydrogen-bond donors (Lipinski definition) is 2. The predicted molar refractivity (Wildman–Crippen MR) is 87.7 cm³/mol. The minimum atomic E-state index is -0.879. The predicted octanol–water partition coefficient (Wildman–Crippen LogP) is 0.454. The third kappa shape index (κ3) is 2.98. The highest BCUT2D eigenvalue weighted by Crippen LogP contribution is 2.54. The van der Waals surface area contributed by atoms with Gasteiger partial charge >= 0.3 is 5.97 Å². The van der Waals surface area contributed by atoms with Crippen molar-refractivity contribution in [3.8, 4) is 0 Å². The molecular weight excluding hydrogens is 316 g/mol. The smallest absolute Gasteiger partial charge is 0.327 e. The number of aliphatic hydroxyl groups is 1. The van der Waals surface area contributed by atoms with E-state index < -0.39 is 12.0 Å². The minimum absolute atomic E-state index is 0.00820. The fraction of sp³-hybridized carbons (Fsp3) is 0.875. The Kier molecular flexibility index (Phi) is 4.40. The van der Waals surface area contributed by atoms with Gasteiger partial charge < -0.3 is 19.6 Å². The van der Waals surface area contributed by atoms with Crippen molar-refractivity contribution in [1.29, 1.82) is 0 Å². The molecule has 1 saturated carbocycles. The molecule has 130 valence electrons. The number of carbonyl (C=O) groups is 2. The van der Waals surface area contributed by atoms with Gasteiger partial charge in [0.15, 0.2) is 0 Å². The largest absolute Gasteiger partial charge is 0.480 e. The number of fused-ring (bicyclic) bond motifs is 1. The first-order valence-corrected chi connectivity index (χ1v) is 9.29. The van der Waals surface area contributed by atoms with Crippen molar-refractivity contribution in [1.82, 2.24) is 4.90 Å². The Morgan fingerprint density at radius 2 is 2.00 bits per heavy atom. The Morgan fingerprint density at radius 1 is 1.35 bits per heavy atom. The number of carboxylic acid groups (broad SMARTS) is 1. The number of amides is 1. The summed E-state index contributed by atoms with van der Waals surface area (Å²) in [6, 6.07) is -0.678. The highest BCUT2D eigenvalue weighted by atomic mass is 32.2. The third-order valence-corrected chi connectivity index (χ3v) is 7.12. The fourth-order valence-electron chi connectivity index (χ4n) is 4.41. The topological polar surface area (TPSA) is 77.8 Å². The van der Waals surface area contributed by atoms with Gasteiger partial charge in [0.2, 0.25) is 5.91 Å². The first kappa shape index (κ1) is 17.0. The van der Waals surface area contributed by atoms with Crippen molar-refractivity contribution >= 4 is 23.6 Å². The quantitative estimate of drug-likeness (QED) is 0.541. The van der Waals surface area contributed by atoms with Crippen LogP contribution < -0.4 is 0 Å². The van der Waals surface area contributed by atoms with E-state index in [0.29, 0.717) is 18.3 Å². The number of aliphatic carboxylic acids is 1. The number of rotatable bonds is 6. The average Bonchev–Trinajstić information content (AvgIpc) is 2.74. The number of thioether (sulfide) groups is 1. The molecular formula is C16H27N2O4S+. The van der Waals surface area contributed by atoms with E-state index in [9.17, 15) is 14.7 Å². The second-order valence-electron chi connectivity index (χ2n) is 8.21. The van der Waals surface area contributed by atoms with Gasteiger partial charge in [-0.25, -0.2) is 4.79 Å². The van der Waals surface area contributed by atoms with Crippen LogP contribution >= 0.6 is 11.8 Å². The summed E-state index contributed by atoms with van der Waals surface area (Å²) < 4.78 is 0.934. The van der Waals surface area contributed by atoms with E-state index in [-0.39, 0.29) is 29.1 Å². The summed E-state index contributed by atoms with van der Waals surface area (Å²) in [5.41, 5.74) is 0. The van der Waals surface area contributed by atoms with Crippen molar-refractivity contribution in [2.45, 2.75) is 35.9 Å². The fourth-order valence-corrected chi connectivity index (χ4v) is 6.38. The van der Waals surface area contributed by atoms with Gasteiger partial charge in [0.05, 0.1) is 39.0 Å². The molecule has 0 aromatic heterocycles. The Hall–Kier alpha value is -0.790. The van der Waals surface area contributed by atoms with Crippen molar-refractivity contribution in [2.75, 3.05) is 34.3 Å². The molecule has 3 fully saturated rings. The standard InChI is InChI=1S/C16H26N2O4S/c1-18(2,3)8-9-6-10(7-9)13-12(16(21)22)17-14(20)11(4-5-19)15(17)23-13/h9-13,15,19H,4-8H2,1-3H3/p+1/t9?,10?,11-,12?,13?,15+/m0/s1. The van der Waals surface area contributed by atoms with Crippen molar-refractivity contribution < 1.29 is 24.3 Å². The normalized spacial score (nSPS) is 39.7. The lowest BCUT2D eigenvalue weighted by Crippen LogP contribution is -2.62. The molecule has 1 amide bonds. The molecule has 0 aromatic carbocycles. The van der Waals surface area contributed by atoms with Gasteiger partial charge in [0.25, 0.3) is 0 Å². The lowest BCUT2D eigenvalue weighted by molar-refractivity contribution is -0.874. The molecule has 7 heteroatoms. The van der Waals surface area contributed by atoms with Crippen LogP contribution in [0.5, 0.6) is 0 Å².